The predicted molar refractivity (Wildman–Crippen MR) is 41.1 cm³/mol. The summed E-state index contributed by atoms with van der Waals surface area (Å²) < 4.78 is 4.91. The summed E-state index contributed by atoms with van der Waals surface area (Å²) in [5.41, 5.74) is 0.896. The van der Waals surface area contributed by atoms with Crippen LogP contribution in [0.2, 0.25) is 0 Å². The van der Waals surface area contributed by atoms with Crippen molar-refractivity contribution >= 4 is 0 Å². The number of hydrogen-bond donors (Lipinski definition) is 1. The van der Waals surface area contributed by atoms with Crippen LogP contribution in [-0.2, 0) is 6.42 Å². The third-order valence-electron chi connectivity index (χ3n) is 1.65. The van der Waals surface area contributed by atoms with Gasteiger partial charge in [0.2, 0.25) is 0 Å². The second-order valence-electron chi connectivity index (χ2n) is 2.50. The molecule has 1 atom stereocenters. The Balaban J connectivity index is 2.71. The molecule has 1 aromatic heterocycles. The highest BCUT2D eigenvalue weighted by Crippen LogP contribution is 2.16. The first-order valence-corrected chi connectivity index (χ1v) is 3.91. The molecule has 3 nitrogen and oxygen atoms in total. The summed E-state index contributed by atoms with van der Waals surface area (Å²) in [7, 11) is 0. The quantitative estimate of drug-likeness (QED) is 0.722. The molecule has 0 radical (unpaired) electrons. The Labute approximate surface area is 66.0 Å². The second kappa shape index (κ2) is 3.53. The van der Waals surface area contributed by atoms with Crippen molar-refractivity contribution in [2.45, 2.75) is 32.8 Å². The third-order valence-corrected chi connectivity index (χ3v) is 1.65. The van der Waals surface area contributed by atoms with Crippen LogP contribution in [0.4, 0.5) is 0 Å². The van der Waals surface area contributed by atoms with Gasteiger partial charge in [0.05, 0.1) is 5.69 Å². The molecule has 0 amide bonds. The van der Waals surface area contributed by atoms with Crippen LogP contribution < -0.4 is 0 Å². The van der Waals surface area contributed by atoms with Crippen molar-refractivity contribution in [1.29, 1.82) is 0 Å². The van der Waals surface area contributed by atoms with Gasteiger partial charge in [0.1, 0.15) is 6.10 Å². The fourth-order valence-electron chi connectivity index (χ4n) is 0.853. The number of aromatic nitrogens is 1. The van der Waals surface area contributed by atoms with E-state index in [-0.39, 0.29) is 0 Å². The molecule has 1 rings (SSSR count). The molecule has 0 aromatic carbocycles. The Kier molecular flexibility index (Phi) is 2.65. The van der Waals surface area contributed by atoms with Gasteiger partial charge in [-0.2, -0.15) is 0 Å². The maximum absolute atomic E-state index is 9.30. The highest BCUT2D eigenvalue weighted by molar-refractivity contribution is 5.07. The molecule has 0 saturated heterocycles. The van der Waals surface area contributed by atoms with E-state index in [1.165, 1.54) is 0 Å². The fourth-order valence-corrected chi connectivity index (χ4v) is 0.853. The van der Waals surface area contributed by atoms with Crippen molar-refractivity contribution in [3.8, 4) is 0 Å². The minimum absolute atomic E-state index is 0.497. The topological polar surface area (TPSA) is 46.3 Å². The highest BCUT2D eigenvalue weighted by atomic mass is 16.5. The van der Waals surface area contributed by atoms with Gasteiger partial charge in [-0.25, -0.2) is 0 Å². The van der Waals surface area contributed by atoms with E-state index in [1.807, 2.05) is 13.8 Å². The summed E-state index contributed by atoms with van der Waals surface area (Å²) in [6.45, 7) is 3.90. The molecule has 0 aliphatic heterocycles. The van der Waals surface area contributed by atoms with Crippen LogP contribution in [0.3, 0.4) is 0 Å². The monoisotopic (exact) mass is 155 g/mol. The van der Waals surface area contributed by atoms with Crippen LogP contribution in [0.5, 0.6) is 0 Å². The summed E-state index contributed by atoms with van der Waals surface area (Å²) in [4.78, 5) is 0. The number of nitrogens with zero attached hydrogens (tertiary/aromatic N) is 1. The van der Waals surface area contributed by atoms with E-state index in [0.717, 1.165) is 12.1 Å². The summed E-state index contributed by atoms with van der Waals surface area (Å²) in [6, 6.07) is 1.80. The van der Waals surface area contributed by atoms with Gasteiger partial charge < -0.3 is 9.63 Å². The standard InChI is InChI=1S/C8H13NO2/c1-3-6-5-8(11-9-6)7(10)4-2/h5,7,10H,3-4H2,1-2H3. The Morgan fingerprint density at radius 1 is 1.64 bits per heavy atom. The molecule has 1 heterocycles. The van der Waals surface area contributed by atoms with Crippen molar-refractivity contribution in [2.24, 2.45) is 0 Å². The van der Waals surface area contributed by atoms with Crippen molar-refractivity contribution in [2.75, 3.05) is 0 Å². The van der Waals surface area contributed by atoms with Crippen LogP contribution in [-0.4, -0.2) is 10.3 Å². The SMILES string of the molecule is CCc1cc(C(O)CC)on1. The highest BCUT2D eigenvalue weighted by Gasteiger charge is 2.10. The van der Waals surface area contributed by atoms with Crippen LogP contribution in [0.25, 0.3) is 0 Å². The molecule has 0 spiro atoms. The van der Waals surface area contributed by atoms with E-state index in [0.29, 0.717) is 12.2 Å². The van der Waals surface area contributed by atoms with Crippen molar-refractivity contribution in [3.63, 3.8) is 0 Å². The smallest absolute Gasteiger partial charge is 0.165 e. The summed E-state index contributed by atoms with van der Waals surface area (Å²) >= 11 is 0. The van der Waals surface area contributed by atoms with E-state index in [9.17, 15) is 5.11 Å². The predicted octanol–water partition coefficient (Wildman–Crippen LogP) is 1.68. The van der Waals surface area contributed by atoms with E-state index in [1.54, 1.807) is 6.07 Å². The van der Waals surface area contributed by atoms with E-state index >= 15 is 0 Å². The van der Waals surface area contributed by atoms with Gasteiger partial charge in [-0.15, -0.1) is 0 Å². The Morgan fingerprint density at radius 3 is 2.82 bits per heavy atom. The summed E-state index contributed by atoms with van der Waals surface area (Å²) in [5.74, 6) is 0.573. The Bertz CT molecular complexity index is 220. The second-order valence-corrected chi connectivity index (χ2v) is 2.50. The van der Waals surface area contributed by atoms with Crippen LogP contribution >= 0.6 is 0 Å². The zero-order chi connectivity index (χ0) is 8.27. The Morgan fingerprint density at radius 2 is 2.36 bits per heavy atom. The first-order valence-electron chi connectivity index (χ1n) is 3.91. The molecule has 1 N–H and O–H groups in total. The average Bonchev–Trinajstić information content (AvgIpc) is 2.50. The largest absolute Gasteiger partial charge is 0.385 e. The third kappa shape index (κ3) is 1.80. The number of aliphatic hydroxyl groups is 1. The van der Waals surface area contributed by atoms with Gasteiger partial charge in [-0.05, 0) is 12.8 Å². The zero-order valence-electron chi connectivity index (χ0n) is 6.87. The molecule has 0 bridgehead atoms. The fraction of sp³-hybridized carbons (Fsp3) is 0.625. The molecule has 62 valence electrons. The Hall–Kier alpha value is -0.830. The summed E-state index contributed by atoms with van der Waals surface area (Å²) in [5, 5.41) is 13.1. The van der Waals surface area contributed by atoms with Gasteiger partial charge in [0, 0.05) is 6.07 Å². The van der Waals surface area contributed by atoms with Crippen LogP contribution in [0, 0.1) is 0 Å². The first-order chi connectivity index (χ1) is 5.27. The van der Waals surface area contributed by atoms with E-state index < -0.39 is 6.10 Å². The lowest BCUT2D eigenvalue weighted by Gasteiger charge is -1.99. The van der Waals surface area contributed by atoms with E-state index in [4.69, 9.17) is 4.52 Å². The number of aliphatic hydroxyl groups excluding tert-OH is 1. The molecule has 1 unspecified atom stereocenters. The minimum atomic E-state index is -0.497. The molecular formula is C8H13NO2. The minimum Gasteiger partial charge on any atom is -0.385 e. The number of aryl methyl sites for hydroxylation is 1. The van der Waals surface area contributed by atoms with Gasteiger partial charge in [0.15, 0.2) is 5.76 Å². The lowest BCUT2D eigenvalue weighted by Crippen LogP contribution is -1.91. The molecule has 3 heteroatoms. The van der Waals surface area contributed by atoms with Crippen LogP contribution in [0.15, 0.2) is 10.6 Å². The van der Waals surface area contributed by atoms with E-state index in [2.05, 4.69) is 5.16 Å². The molecule has 0 saturated carbocycles. The molecule has 0 aliphatic carbocycles. The maximum atomic E-state index is 9.30. The molecule has 11 heavy (non-hydrogen) atoms. The normalized spacial score (nSPS) is 13.4. The molecule has 0 aliphatic rings. The van der Waals surface area contributed by atoms with Crippen molar-refractivity contribution in [3.05, 3.63) is 17.5 Å². The van der Waals surface area contributed by atoms with Crippen LogP contribution in [0.1, 0.15) is 37.8 Å². The van der Waals surface area contributed by atoms with Gasteiger partial charge in [-0.3, -0.25) is 0 Å². The molecular weight excluding hydrogens is 142 g/mol. The maximum Gasteiger partial charge on any atom is 0.165 e. The van der Waals surface area contributed by atoms with Crippen molar-refractivity contribution in [1.82, 2.24) is 5.16 Å². The lowest BCUT2D eigenvalue weighted by molar-refractivity contribution is 0.135. The summed E-state index contributed by atoms with van der Waals surface area (Å²) in [6.07, 6.45) is 1.01. The van der Waals surface area contributed by atoms with Crippen molar-refractivity contribution < 1.29 is 9.63 Å². The average molecular weight is 155 g/mol. The van der Waals surface area contributed by atoms with Gasteiger partial charge >= 0.3 is 0 Å². The van der Waals surface area contributed by atoms with Gasteiger partial charge in [0.25, 0.3) is 0 Å². The number of hydrogen-bond acceptors (Lipinski definition) is 3. The number of rotatable bonds is 3. The zero-order valence-corrected chi connectivity index (χ0v) is 6.87. The lowest BCUT2D eigenvalue weighted by atomic mass is 10.2. The molecule has 0 fully saturated rings. The molecule has 1 aromatic rings. The van der Waals surface area contributed by atoms with Gasteiger partial charge in [-0.1, -0.05) is 19.0 Å². The first kappa shape index (κ1) is 8.27.